The topological polar surface area (TPSA) is 59.0 Å². The van der Waals surface area contributed by atoms with Crippen molar-refractivity contribution in [3.8, 4) is 0 Å². The lowest BCUT2D eigenvalue weighted by molar-refractivity contribution is -0.122. The first-order chi connectivity index (χ1) is 10.3. The van der Waals surface area contributed by atoms with Crippen molar-refractivity contribution >= 4 is 18.3 Å². The second-order valence-electron chi connectivity index (χ2n) is 5.39. The van der Waals surface area contributed by atoms with Crippen molar-refractivity contribution in [1.29, 1.82) is 0 Å². The number of hydrogen-bond donors (Lipinski definition) is 2. The second-order valence-corrected chi connectivity index (χ2v) is 5.39. The van der Waals surface area contributed by atoms with Crippen LogP contribution in [0.5, 0.6) is 0 Å². The Hall–Kier alpha value is -1.85. The summed E-state index contributed by atoms with van der Waals surface area (Å²) in [6, 6.07) is 10.1. The van der Waals surface area contributed by atoms with Crippen LogP contribution in [0.15, 0.2) is 42.7 Å². The van der Waals surface area contributed by atoms with Gasteiger partial charge in [0.05, 0.1) is 12.6 Å². The molecule has 1 amide bonds. The van der Waals surface area contributed by atoms with Crippen molar-refractivity contribution in [2.45, 2.75) is 32.0 Å². The highest BCUT2D eigenvalue weighted by Crippen LogP contribution is 2.08. The van der Waals surface area contributed by atoms with Crippen molar-refractivity contribution in [3.63, 3.8) is 0 Å². The van der Waals surface area contributed by atoms with E-state index in [0.717, 1.165) is 31.5 Å². The van der Waals surface area contributed by atoms with Crippen molar-refractivity contribution in [3.05, 3.63) is 53.9 Å². The van der Waals surface area contributed by atoms with Gasteiger partial charge < -0.3 is 10.6 Å². The molecule has 1 aromatic carbocycles. The molecule has 1 atom stereocenters. The van der Waals surface area contributed by atoms with E-state index in [1.807, 2.05) is 29.1 Å². The Morgan fingerprint density at radius 1 is 1.36 bits per heavy atom. The van der Waals surface area contributed by atoms with Crippen LogP contribution < -0.4 is 10.6 Å². The number of carbonyl (C=O) groups excluding carboxylic acids is 1. The molecule has 0 spiro atoms. The Labute approximate surface area is 136 Å². The van der Waals surface area contributed by atoms with Crippen LogP contribution in [0.3, 0.4) is 0 Å². The van der Waals surface area contributed by atoms with Gasteiger partial charge in [0.25, 0.3) is 0 Å². The molecule has 0 aliphatic carbocycles. The van der Waals surface area contributed by atoms with Crippen molar-refractivity contribution < 1.29 is 4.79 Å². The van der Waals surface area contributed by atoms with Gasteiger partial charge in [0.1, 0.15) is 0 Å². The van der Waals surface area contributed by atoms with Crippen LogP contribution in [0.25, 0.3) is 0 Å². The van der Waals surface area contributed by atoms with Crippen LogP contribution in [-0.4, -0.2) is 28.3 Å². The number of hydrogen-bond acceptors (Lipinski definition) is 3. The lowest BCUT2D eigenvalue weighted by Gasteiger charge is -2.11. The maximum absolute atomic E-state index is 12.0. The standard InChI is InChI=1S/C16H20N4O.ClH/c21-16(15-6-2-7-17-15)18-11-13-4-1-5-14(10-13)12-20-9-3-8-19-20;/h1,3-5,8-10,15,17H,2,6-7,11-12H2,(H,18,21);1H. The zero-order valence-electron chi connectivity index (χ0n) is 12.4. The Morgan fingerprint density at radius 3 is 2.95 bits per heavy atom. The zero-order valence-corrected chi connectivity index (χ0v) is 13.2. The molecule has 1 aromatic heterocycles. The van der Waals surface area contributed by atoms with Crippen molar-refractivity contribution in [1.82, 2.24) is 20.4 Å². The molecule has 1 aliphatic heterocycles. The molecule has 0 saturated carbocycles. The maximum atomic E-state index is 12.0. The van der Waals surface area contributed by atoms with E-state index >= 15 is 0 Å². The third-order valence-corrected chi connectivity index (χ3v) is 3.74. The van der Waals surface area contributed by atoms with E-state index in [1.54, 1.807) is 6.20 Å². The number of aromatic nitrogens is 2. The number of halogens is 1. The van der Waals surface area contributed by atoms with Gasteiger partial charge in [0, 0.05) is 18.9 Å². The van der Waals surface area contributed by atoms with Crippen molar-refractivity contribution in [2.24, 2.45) is 0 Å². The minimum atomic E-state index is -0.0164. The van der Waals surface area contributed by atoms with Gasteiger partial charge in [-0.3, -0.25) is 9.48 Å². The monoisotopic (exact) mass is 320 g/mol. The molecular weight excluding hydrogens is 300 g/mol. The average Bonchev–Trinajstić information content (AvgIpc) is 3.18. The summed E-state index contributed by atoms with van der Waals surface area (Å²) in [6.45, 7) is 2.26. The third-order valence-electron chi connectivity index (χ3n) is 3.74. The lowest BCUT2D eigenvalue weighted by atomic mass is 10.1. The number of benzene rings is 1. The molecular formula is C16H21ClN4O. The summed E-state index contributed by atoms with van der Waals surface area (Å²) in [5, 5.41) is 10.4. The van der Waals surface area contributed by atoms with Gasteiger partial charge in [0.15, 0.2) is 0 Å². The summed E-state index contributed by atoms with van der Waals surface area (Å²) in [5.74, 6) is 0.102. The Bertz CT molecular complexity index is 594. The quantitative estimate of drug-likeness (QED) is 0.882. The molecule has 2 heterocycles. The number of rotatable bonds is 5. The molecule has 0 radical (unpaired) electrons. The average molecular weight is 321 g/mol. The van der Waals surface area contributed by atoms with Crippen molar-refractivity contribution in [2.75, 3.05) is 6.54 Å². The Kier molecular flexibility index (Phi) is 5.98. The highest BCUT2D eigenvalue weighted by Gasteiger charge is 2.21. The van der Waals surface area contributed by atoms with E-state index in [1.165, 1.54) is 5.56 Å². The van der Waals surface area contributed by atoms with Crippen LogP contribution in [0, 0.1) is 0 Å². The molecule has 3 rings (SSSR count). The summed E-state index contributed by atoms with van der Waals surface area (Å²) in [5.41, 5.74) is 2.30. The SMILES string of the molecule is Cl.O=C(NCc1cccc(Cn2cccn2)c1)C1CCCN1. The lowest BCUT2D eigenvalue weighted by Crippen LogP contribution is -2.40. The third kappa shape index (κ3) is 4.32. The molecule has 1 fully saturated rings. The minimum Gasteiger partial charge on any atom is -0.351 e. The number of amides is 1. The molecule has 118 valence electrons. The fourth-order valence-corrected chi connectivity index (χ4v) is 2.64. The molecule has 2 N–H and O–H groups in total. The second kappa shape index (κ2) is 7.96. The number of nitrogens with one attached hydrogen (secondary N) is 2. The highest BCUT2D eigenvalue weighted by atomic mass is 35.5. The molecule has 5 nitrogen and oxygen atoms in total. The van der Waals surface area contributed by atoms with Gasteiger partial charge in [-0.25, -0.2) is 0 Å². The first-order valence-corrected chi connectivity index (χ1v) is 7.37. The van der Waals surface area contributed by atoms with Gasteiger partial charge in [0.2, 0.25) is 5.91 Å². The summed E-state index contributed by atoms with van der Waals surface area (Å²) in [4.78, 5) is 12.0. The van der Waals surface area contributed by atoms with E-state index in [9.17, 15) is 4.79 Å². The van der Waals surface area contributed by atoms with Crippen LogP contribution in [0.4, 0.5) is 0 Å². The predicted octanol–water partition coefficient (Wildman–Crippen LogP) is 1.72. The van der Waals surface area contributed by atoms with Crippen LogP contribution in [0.1, 0.15) is 24.0 Å². The molecule has 1 saturated heterocycles. The first-order valence-electron chi connectivity index (χ1n) is 7.37. The molecule has 1 aliphatic rings. The van der Waals surface area contributed by atoms with E-state index in [4.69, 9.17) is 0 Å². The molecule has 2 aromatic rings. The van der Waals surface area contributed by atoms with Crippen LogP contribution >= 0.6 is 12.4 Å². The largest absolute Gasteiger partial charge is 0.351 e. The molecule has 6 heteroatoms. The summed E-state index contributed by atoms with van der Waals surface area (Å²) in [6.07, 6.45) is 5.74. The summed E-state index contributed by atoms with van der Waals surface area (Å²) < 4.78 is 1.89. The number of carbonyl (C=O) groups is 1. The van der Waals surface area contributed by atoms with Crippen LogP contribution in [0.2, 0.25) is 0 Å². The minimum absolute atomic E-state index is 0. The van der Waals surface area contributed by atoms with Gasteiger partial charge in [-0.05, 0) is 36.6 Å². The van der Waals surface area contributed by atoms with Crippen LogP contribution in [-0.2, 0) is 17.9 Å². The first kappa shape index (κ1) is 16.5. The molecule has 0 bridgehead atoms. The van der Waals surface area contributed by atoms with E-state index in [0.29, 0.717) is 6.54 Å². The van der Waals surface area contributed by atoms with Gasteiger partial charge in [-0.2, -0.15) is 5.10 Å². The highest BCUT2D eigenvalue weighted by molar-refractivity contribution is 5.85. The Morgan fingerprint density at radius 2 is 2.23 bits per heavy atom. The van der Waals surface area contributed by atoms with Gasteiger partial charge in [-0.15, -0.1) is 12.4 Å². The zero-order chi connectivity index (χ0) is 14.5. The normalized spacial score (nSPS) is 17.0. The van der Waals surface area contributed by atoms with E-state index in [2.05, 4.69) is 27.9 Å². The fraction of sp³-hybridized carbons (Fsp3) is 0.375. The van der Waals surface area contributed by atoms with Gasteiger partial charge in [-0.1, -0.05) is 24.3 Å². The molecule has 1 unspecified atom stereocenters. The summed E-state index contributed by atoms with van der Waals surface area (Å²) >= 11 is 0. The predicted molar refractivity (Wildman–Crippen MR) is 87.9 cm³/mol. The van der Waals surface area contributed by atoms with E-state index in [-0.39, 0.29) is 24.4 Å². The van der Waals surface area contributed by atoms with Gasteiger partial charge >= 0.3 is 0 Å². The summed E-state index contributed by atoms with van der Waals surface area (Å²) in [7, 11) is 0. The Balaban J connectivity index is 0.00000176. The fourth-order valence-electron chi connectivity index (χ4n) is 2.64. The van der Waals surface area contributed by atoms with E-state index < -0.39 is 0 Å². The maximum Gasteiger partial charge on any atom is 0.237 e. The smallest absolute Gasteiger partial charge is 0.237 e. The number of nitrogens with zero attached hydrogens (tertiary/aromatic N) is 2. The molecule has 22 heavy (non-hydrogen) atoms.